The number of phenolic OH excluding ortho intramolecular Hbond substituents is 1. The van der Waals surface area contributed by atoms with Gasteiger partial charge in [-0.2, -0.15) is 9.78 Å². The topological polar surface area (TPSA) is 123 Å². The third-order valence-electron chi connectivity index (χ3n) is 6.09. The van der Waals surface area contributed by atoms with E-state index in [1.807, 2.05) is 38.1 Å². The van der Waals surface area contributed by atoms with Gasteiger partial charge in [0.25, 0.3) is 0 Å². The van der Waals surface area contributed by atoms with Crippen LogP contribution in [-0.2, 0) is 9.47 Å². The molecule has 0 radical (unpaired) electrons. The molecule has 10 heteroatoms. The molecular weight excluding hydrogens is 522 g/mol. The number of aryl methyl sites for hydroxylation is 3. The highest BCUT2D eigenvalue weighted by atomic mass is 16.6. The predicted octanol–water partition coefficient (Wildman–Crippen LogP) is 7.43. The maximum atomic E-state index is 13.6. The summed E-state index contributed by atoms with van der Waals surface area (Å²) in [6.45, 7) is 16.3. The maximum absolute atomic E-state index is 13.6. The van der Waals surface area contributed by atoms with Gasteiger partial charge in [0.15, 0.2) is 5.82 Å². The molecule has 41 heavy (non-hydrogen) atoms. The fraction of sp³-hybridized carbons (Fsp3) is 0.355. The van der Waals surface area contributed by atoms with Gasteiger partial charge in [-0.15, -0.1) is 5.10 Å². The molecule has 0 aliphatic rings. The van der Waals surface area contributed by atoms with E-state index < -0.39 is 23.4 Å². The number of hydrogen-bond donors (Lipinski definition) is 2. The number of phenols is 1. The van der Waals surface area contributed by atoms with Crippen molar-refractivity contribution in [1.29, 1.82) is 0 Å². The van der Waals surface area contributed by atoms with E-state index in [2.05, 4.69) is 15.3 Å². The van der Waals surface area contributed by atoms with E-state index in [1.165, 1.54) is 17.0 Å². The number of amides is 1. The molecule has 2 aromatic carbocycles. The maximum Gasteiger partial charge on any atom is 0.435 e. The molecule has 0 fully saturated rings. The molecule has 0 aliphatic carbocycles. The molecule has 0 aliphatic heterocycles. The van der Waals surface area contributed by atoms with Crippen molar-refractivity contribution < 1.29 is 24.2 Å². The number of hydrogen-bond acceptors (Lipinski definition) is 7. The highest BCUT2D eigenvalue weighted by Gasteiger charge is 2.31. The summed E-state index contributed by atoms with van der Waals surface area (Å²) in [4.78, 5) is 28.2. The molecule has 4 rings (SSSR count). The summed E-state index contributed by atoms with van der Waals surface area (Å²) >= 11 is 0. The zero-order chi connectivity index (χ0) is 30.3. The zero-order valence-corrected chi connectivity index (χ0v) is 25.0. The van der Waals surface area contributed by atoms with Crippen molar-refractivity contribution in [2.45, 2.75) is 73.5 Å². The van der Waals surface area contributed by atoms with Gasteiger partial charge in [0.1, 0.15) is 17.0 Å². The third kappa shape index (κ3) is 6.59. The van der Waals surface area contributed by atoms with Crippen molar-refractivity contribution in [1.82, 2.24) is 20.0 Å². The lowest BCUT2D eigenvalue weighted by molar-refractivity contribution is 0.0513. The van der Waals surface area contributed by atoms with E-state index >= 15 is 0 Å². The van der Waals surface area contributed by atoms with Gasteiger partial charge >= 0.3 is 12.2 Å². The van der Waals surface area contributed by atoms with E-state index in [4.69, 9.17) is 9.47 Å². The molecule has 0 bridgehead atoms. The van der Waals surface area contributed by atoms with Crippen LogP contribution in [0.3, 0.4) is 0 Å². The van der Waals surface area contributed by atoms with Crippen molar-refractivity contribution in [2.75, 3.05) is 4.90 Å². The number of aromatic amines is 1. The Morgan fingerprint density at radius 3 is 2.02 bits per heavy atom. The Kier molecular flexibility index (Phi) is 7.71. The van der Waals surface area contributed by atoms with Crippen LogP contribution in [0.2, 0.25) is 0 Å². The molecule has 216 valence electrons. The third-order valence-corrected chi connectivity index (χ3v) is 6.09. The summed E-state index contributed by atoms with van der Waals surface area (Å²) in [5.74, 6) is 0.207. The second-order valence-corrected chi connectivity index (χ2v) is 12.0. The molecule has 10 nitrogen and oxygen atoms in total. The van der Waals surface area contributed by atoms with Crippen LogP contribution in [0.1, 0.15) is 58.5 Å². The number of rotatable bonds is 4. The molecule has 0 unspecified atom stereocenters. The van der Waals surface area contributed by atoms with Crippen LogP contribution in [0.15, 0.2) is 48.5 Å². The van der Waals surface area contributed by atoms with Crippen LogP contribution in [0, 0.1) is 20.8 Å². The number of nitrogens with zero attached hydrogens (tertiary/aromatic N) is 4. The zero-order valence-electron chi connectivity index (χ0n) is 25.0. The van der Waals surface area contributed by atoms with E-state index in [-0.39, 0.29) is 11.6 Å². The van der Waals surface area contributed by atoms with Crippen LogP contribution in [-0.4, -0.2) is 48.5 Å². The van der Waals surface area contributed by atoms with Crippen molar-refractivity contribution in [3.8, 4) is 28.1 Å². The summed E-state index contributed by atoms with van der Waals surface area (Å²) in [5, 5.41) is 21.8. The fourth-order valence-corrected chi connectivity index (χ4v) is 4.43. The largest absolute Gasteiger partial charge is 0.508 e. The lowest BCUT2D eigenvalue weighted by Gasteiger charge is -2.27. The number of ether oxygens (including phenoxy) is 2. The number of aromatic hydroxyl groups is 1. The second kappa shape index (κ2) is 10.8. The lowest BCUT2D eigenvalue weighted by Crippen LogP contribution is -2.34. The van der Waals surface area contributed by atoms with Gasteiger partial charge in [0.2, 0.25) is 0 Å². The van der Waals surface area contributed by atoms with Crippen molar-refractivity contribution in [3.63, 3.8) is 0 Å². The minimum atomic E-state index is -0.796. The highest BCUT2D eigenvalue weighted by Crippen LogP contribution is 2.35. The standard InChI is InChI=1S/C31H37N5O5/c1-18-16-23(37)14-15-24(18)35(28(38)40-30(4,5)6)26-17-25(36(34-26)29(39)41-31(7,8)9)21-10-12-22(13-11-21)27-19(2)32-33-20(27)3/h10-17,37H,1-9H3,(H,32,33). The van der Waals surface area contributed by atoms with Crippen LogP contribution < -0.4 is 4.90 Å². The van der Waals surface area contributed by atoms with E-state index in [0.29, 0.717) is 22.5 Å². The predicted molar refractivity (Wildman–Crippen MR) is 158 cm³/mol. The van der Waals surface area contributed by atoms with E-state index in [9.17, 15) is 14.7 Å². The molecule has 0 saturated heterocycles. The summed E-state index contributed by atoms with van der Waals surface area (Å²) in [6.07, 6.45) is -1.39. The van der Waals surface area contributed by atoms with Crippen LogP contribution in [0.4, 0.5) is 21.1 Å². The Bertz CT molecular complexity index is 1570. The smallest absolute Gasteiger partial charge is 0.435 e. The summed E-state index contributed by atoms with van der Waals surface area (Å²) in [7, 11) is 0. The quantitative estimate of drug-likeness (QED) is 0.267. The average Bonchev–Trinajstić information content (AvgIpc) is 3.42. The molecule has 2 aromatic heterocycles. The van der Waals surface area contributed by atoms with Crippen LogP contribution >= 0.6 is 0 Å². The van der Waals surface area contributed by atoms with Gasteiger partial charge in [-0.1, -0.05) is 24.3 Å². The first kappa shape index (κ1) is 29.4. The van der Waals surface area contributed by atoms with Gasteiger partial charge in [-0.05, 0) is 91.6 Å². The Morgan fingerprint density at radius 1 is 0.878 bits per heavy atom. The Hall–Kier alpha value is -4.60. The van der Waals surface area contributed by atoms with Gasteiger partial charge in [-0.3, -0.25) is 5.10 Å². The number of nitrogens with one attached hydrogen (secondary N) is 1. The summed E-state index contributed by atoms with van der Waals surface area (Å²) < 4.78 is 12.5. The molecule has 2 N–H and O–H groups in total. The minimum absolute atomic E-state index is 0.0542. The fourth-order valence-electron chi connectivity index (χ4n) is 4.43. The summed E-state index contributed by atoms with van der Waals surface area (Å²) in [6, 6.07) is 13.9. The number of carbonyl (C=O) groups excluding carboxylic acids is 2. The van der Waals surface area contributed by atoms with Crippen molar-refractivity contribution in [2.24, 2.45) is 0 Å². The first-order valence-corrected chi connectivity index (χ1v) is 13.3. The molecule has 4 aromatic rings. The average molecular weight is 560 g/mol. The Morgan fingerprint density at radius 2 is 1.49 bits per heavy atom. The number of benzene rings is 2. The molecule has 1 amide bonds. The van der Waals surface area contributed by atoms with E-state index in [1.54, 1.807) is 60.6 Å². The van der Waals surface area contributed by atoms with Crippen LogP contribution in [0.5, 0.6) is 5.75 Å². The number of anilines is 2. The Labute approximate surface area is 239 Å². The normalized spacial score (nSPS) is 11.8. The first-order chi connectivity index (χ1) is 19.0. The van der Waals surface area contributed by atoms with Gasteiger partial charge in [-0.25, -0.2) is 14.5 Å². The summed E-state index contributed by atoms with van der Waals surface area (Å²) in [5.41, 5.74) is 4.40. The SMILES string of the molecule is Cc1cc(O)ccc1N(C(=O)OC(C)(C)C)c1cc(-c2ccc(-c3c(C)n[nH]c3C)cc2)n(C(=O)OC(C)(C)C)n1. The molecule has 2 heterocycles. The van der Waals surface area contributed by atoms with Gasteiger partial charge in [0, 0.05) is 22.9 Å². The first-order valence-electron chi connectivity index (χ1n) is 13.3. The van der Waals surface area contributed by atoms with E-state index in [0.717, 1.165) is 27.2 Å². The number of H-pyrrole nitrogens is 1. The van der Waals surface area contributed by atoms with Gasteiger partial charge in [0.05, 0.1) is 17.1 Å². The highest BCUT2D eigenvalue weighted by molar-refractivity contribution is 5.97. The van der Waals surface area contributed by atoms with Crippen molar-refractivity contribution >= 4 is 23.7 Å². The van der Waals surface area contributed by atoms with Crippen LogP contribution in [0.25, 0.3) is 22.4 Å². The monoisotopic (exact) mass is 559 g/mol. The minimum Gasteiger partial charge on any atom is -0.508 e. The second-order valence-electron chi connectivity index (χ2n) is 12.0. The lowest BCUT2D eigenvalue weighted by atomic mass is 10.0. The number of carbonyl (C=O) groups is 2. The molecule has 0 saturated carbocycles. The Balaban J connectivity index is 1.88. The van der Waals surface area contributed by atoms with Crippen molar-refractivity contribution in [3.05, 3.63) is 65.5 Å². The van der Waals surface area contributed by atoms with Gasteiger partial charge < -0.3 is 14.6 Å². The number of aromatic nitrogens is 4. The molecule has 0 atom stereocenters. The molecular formula is C31H37N5O5. The molecule has 0 spiro atoms.